The molecule has 2 aromatic carbocycles. The van der Waals surface area contributed by atoms with E-state index in [1.807, 2.05) is 31.2 Å². The minimum absolute atomic E-state index is 0. The zero-order chi connectivity index (χ0) is 16.3. The van der Waals surface area contributed by atoms with E-state index in [0.717, 1.165) is 30.2 Å². The summed E-state index contributed by atoms with van der Waals surface area (Å²) >= 11 is 0. The molecule has 2 rings (SSSR count). The summed E-state index contributed by atoms with van der Waals surface area (Å²) in [6, 6.07) is 16.4. The summed E-state index contributed by atoms with van der Waals surface area (Å²) in [5.74, 6) is 1.62. The summed E-state index contributed by atoms with van der Waals surface area (Å²) < 4.78 is 11.7. The van der Waals surface area contributed by atoms with Gasteiger partial charge in [-0.3, -0.25) is 0 Å². The Morgan fingerprint density at radius 3 is 2.38 bits per heavy atom. The predicted octanol–water partition coefficient (Wildman–Crippen LogP) is 4.98. The SMILES string of the molecule is CCCCNCc1ccc(OCc2ccccc2)c(OCC)c1.Cl. The lowest BCUT2D eigenvalue weighted by atomic mass is 10.2. The van der Waals surface area contributed by atoms with Gasteiger partial charge in [0.1, 0.15) is 6.61 Å². The summed E-state index contributed by atoms with van der Waals surface area (Å²) in [4.78, 5) is 0. The number of halogens is 1. The standard InChI is InChI=1S/C20H27NO2.ClH/c1-3-5-13-21-15-18-11-12-19(20(14-18)22-4-2)23-16-17-9-7-6-8-10-17;/h6-12,14,21H,3-5,13,15-16H2,1-2H3;1H. The van der Waals surface area contributed by atoms with Crippen LogP contribution in [0.25, 0.3) is 0 Å². The van der Waals surface area contributed by atoms with Gasteiger partial charge in [-0.2, -0.15) is 0 Å². The monoisotopic (exact) mass is 349 g/mol. The first-order chi connectivity index (χ1) is 11.3. The molecule has 0 fully saturated rings. The molecule has 0 spiro atoms. The van der Waals surface area contributed by atoms with Crippen LogP contribution < -0.4 is 14.8 Å². The van der Waals surface area contributed by atoms with Crippen molar-refractivity contribution >= 4 is 12.4 Å². The van der Waals surface area contributed by atoms with E-state index in [2.05, 4.69) is 36.5 Å². The lowest BCUT2D eigenvalue weighted by Gasteiger charge is -2.14. The second-order valence-corrected chi connectivity index (χ2v) is 5.52. The molecule has 0 aliphatic heterocycles. The normalized spacial score (nSPS) is 10.1. The maximum absolute atomic E-state index is 5.93. The molecule has 24 heavy (non-hydrogen) atoms. The van der Waals surface area contributed by atoms with Crippen molar-refractivity contribution in [2.24, 2.45) is 0 Å². The molecule has 2 aromatic rings. The molecule has 0 saturated heterocycles. The average molecular weight is 350 g/mol. The summed E-state index contributed by atoms with van der Waals surface area (Å²) in [7, 11) is 0. The molecule has 0 atom stereocenters. The van der Waals surface area contributed by atoms with Crippen molar-refractivity contribution in [2.75, 3.05) is 13.2 Å². The number of benzene rings is 2. The molecule has 1 N–H and O–H groups in total. The van der Waals surface area contributed by atoms with Crippen molar-refractivity contribution < 1.29 is 9.47 Å². The van der Waals surface area contributed by atoms with Gasteiger partial charge in [-0.25, -0.2) is 0 Å². The zero-order valence-electron chi connectivity index (χ0n) is 14.6. The third kappa shape index (κ3) is 6.81. The highest BCUT2D eigenvalue weighted by atomic mass is 35.5. The van der Waals surface area contributed by atoms with Gasteiger partial charge in [0.2, 0.25) is 0 Å². The molecule has 3 nitrogen and oxygen atoms in total. The molecule has 0 radical (unpaired) electrons. The van der Waals surface area contributed by atoms with E-state index >= 15 is 0 Å². The van der Waals surface area contributed by atoms with Crippen molar-refractivity contribution in [3.05, 3.63) is 59.7 Å². The van der Waals surface area contributed by atoms with Crippen LogP contribution in [0.5, 0.6) is 11.5 Å². The Kier molecular flexibility index (Phi) is 9.97. The van der Waals surface area contributed by atoms with Gasteiger partial charge in [-0.1, -0.05) is 49.7 Å². The largest absolute Gasteiger partial charge is 0.490 e. The fourth-order valence-corrected chi connectivity index (χ4v) is 2.32. The van der Waals surface area contributed by atoms with E-state index in [1.165, 1.54) is 18.4 Å². The van der Waals surface area contributed by atoms with Gasteiger partial charge in [-0.15, -0.1) is 12.4 Å². The van der Waals surface area contributed by atoms with Crippen molar-refractivity contribution in [3.63, 3.8) is 0 Å². The van der Waals surface area contributed by atoms with Gasteiger partial charge in [0.15, 0.2) is 11.5 Å². The molecule has 4 heteroatoms. The Hall–Kier alpha value is -1.71. The van der Waals surface area contributed by atoms with E-state index < -0.39 is 0 Å². The van der Waals surface area contributed by atoms with E-state index in [1.54, 1.807) is 0 Å². The van der Waals surface area contributed by atoms with Gasteiger partial charge in [0.05, 0.1) is 6.61 Å². The summed E-state index contributed by atoms with van der Waals surface area (Å²) in [6.07, 6.45) is 2.42. The lowest BCUT2D eigenvalue weighted by molar-refractivity contribution is 0.269. The topological polar surface area (TPSA) is 30.5 Å². The van der Waals surface area contributed by atoms with Crippen LogP contribution in [0.4, 0.5) is 0 Å². The third-order valence-electron chi connectivity index (χ3n) is 3.58. The van der Waals surface area contributed by atoms with Gasteiger partial charge >= 0.3 is 0 Å². The first-order valence-electron chi connectivity index (χ1n) is 8.46. The molecular weight excluding hydrogens is 322 g/mol. The van der Waals surface area contributed by atoms with Gasteiger partial charge in [0.25, 0.3) is 0 Å². The molecule has 0 saturated carbocycles. The molecule has 0 unspecified atom stereocenters. The quantitative estimate of drug-likeness (QED) is 0.614. The number of unbranched alkanes of at least 4 members (excludes halogenated alkanes) is 1. The molecule has 0 aliphatic rings. The second-order valence-electron chi connectivity index (χ2n) is 5.52. The highest BCUT2D eigenvalue weighted by molar-refractivity contribution is 5.85. The van der Waals surface area contributed by atoms with Crippen LogP contribution in [0.15, 0.2) is 48.5 Å². The summed E-state index contributed by atoms with van der Waals surface area (Å²) in [5.41, 5.74) is 2.37. The van der Waals surface area contributed by atoms with Gasteiger partial charge < -0.3 is 14.8 Å². The smallest absolute Gasteiger partial charge is 0.161 e. The number of rotatable bonds is 10. The maximum atomic E-state index is 5.93. The van der Waals surface area contributed by atoms with E-state index in [9.17, 15) is 0 Å². The Morgan fingerprint density at radius 1 is 0.875 bits per heavy atom. The van der Waals surface area contributed by atoms with Crippen LogP contribution >= 0.6 is 12.4 Å². The van der Waals surface area contributed by atoms with Crippen LogP contribution in [0.3, 0.4) is 0 Å². The predicted molar refractivity (Wildman–Crippen MR) is 102 cm³/mol. The molecule has 0 heterocycles. The maximum Gasteiger partial charge on any atom is 0.161 e. The molecule has 0 aromatic heterocycles. The van der Waals surface area contributed by atoms with Crippen LogP contribution in [0.1, 0.15) is 37.8 Å². The Labute approximate surface area is 151 Å². The average Bonchev–Trinajstić information content (AvgIpc) is 2.59. The van der Waals surface area contributed by atoms with Crippen molar-refractivity contribution in [2.45, 2.75) is 39.8 Å². The van der Waals surface area contributed by atoms with Crippen LogP contribution in [-0.2, 0) is 13.2 Å². The first kappa shape index (κ1) is 20.3. The van der Waals surface area contributed by atoms with Gasteiger partial charge in [-0.05, 0) is 43.1 Å². The Bertz CT molecular complexity index is 575. The summed E-state index contributed by atoms with van der Waals surface area (Å²) in [5, 5.41) is 3.45. The highest BCUT2D eigenvalue weighted by Crippen LogP contribution is 2.29. The molecule has 132 valence electrons. The van der Waals surface area contributed by atoms with Crippen molar-refractivity contribution in [1.82, 2.24) is 5.32 Å². The number of nitrogens with one attached hydrogen (secondary N) is 1. The molecule has 0 aliphatic carbocycles. The van der Waals surface area contributed by atoms with Crippen molar-refractivity contribution in [3.8, 4) is 11.5 Å². The molecular formula is C20H28ClNO2. The number of hydrogen-bond donors (Lipinski definition) is 1. The fourth-order valence-electron chi connectivity index (χ4n) is 2.32. The van der Waals surface area contributed by atoms with E-state index in [0.29, 0.717) is 13.2 Å². The van der Waals surface area contributed by atoms with Crippen LogP contribution in [0.2, 0.25) is 0 Å². The summed E-state index contributed by atoms with van der Waals surface area (Å²) in [6.45, 7) is 7.29. The molecule has 0 bridgehead atoms. The fraction of sp³-hybridized carbons (Fsp3) is 0.400. The van der Waals surface area contributed by atoms with E-state index in [4.69, 9.17) is 9.47 Å². The first-order valence-corrected chi connectivity index (χ1v) is 8.46. The minimum atomic E-state index is 0. The van der Waals surface area contributed by atoms with Crippen LogP contribution in [-0.4, -0.2) is 13.2 Å². The third-order valence-corrected chi connectivity index (χ3v) is 3.58. The lowest BCUT2D eigenvalue weighted by Crippen LogP contribution is -2.14. The Balaban J connectivity index is 0.00000288. The Morgan fingerprint density at radius 2 is 1.67 bits per heavy atom. The minimum Gasteiger partial charge on any atom is -0.490 e. The molecule has 0 amide bonds. The van der Waals surface area contributed by atoms with Crippen LogP contribution in [0, 0.1) is 0 Å². The second kappa shape index (κ2) is 11.8. The van der Waals surface area contributed by atoms with Crippen molar-refractivity contribution in [1.29, 1.82) is 0 Å². The number of ether oxygens (including phenoxy) is 2. The zero-order valence-corrected chi connectivity index (χ0v) is 15.4. The number of hydrogen-bond acceptors (Lipinski definition) is 3. The van der Waals surface area contributed by atoms with E-state index in [-0.39, 0.29) is 12.4 Å². The highest BCUT2D eigenvalue weighted by Gasteiger charge is 2.07. The van der Waals surface area contributed by atoms with Gasteiger partial charge in [0, 0.05) is 6.54 Å².